The third kappa shape index (κ3) is 3.19. The number of carbonyl (C=O) groups is 1. The summed E-state index contributed by atoms with van der Waals surface area (Å²) in [5.41, 5.74) is 0.593. The monoisotopic (exact) mass is 324 g/mol. The molecule has 1 fully saturated rings. The summed E-state index contributed by atoms with van der Waals surface area (Å²) in [5, 5.41) is 0. The predicted octanol–water partition coefficient (Wildman–Crippen LogP) is 2.83. The van der Waals surface area contributed by atoms with Crippen molar-refractivity contribution in [3.05, 3.63) is 54.1 Å². The molecular weight excluding hydrogens is 304 g/mol. The van der Waals surface area contributed by atoms with Crippen molar-refractivity contribution in [2.24, 2.45) is 0 Å². The topological polar surface area (TPSA) is 53.3 Å². The predicted molar refractivity (Wildman–Crippen MR) is 89.5 cm³/mol. The van der Waals surface area contributed by atoms with Gasteiger partial charge in [0.25, 0.3) is 0 Å². The van der Waals surface area contributed by atoms with Gasteiger partial charge in [-0.25, -0.2) is 9.78 Å². The van der Waals surface area contributed by atoms with E-state index in [1.165, 1.54) is 6.20 Å². The van der Waals surface area contributed by atoms with Gasteiger partial charge in [0.05, 0.1) is 31.8 Å². The fourth-order valence-corrected chi connectivity index (χ4v) is 2.87. The second-order valence-electron chi connectivity index (χ2n) is 5.91. The minimum atomic E-state index is -0.888. The molecule has 24 heavy (non-hydrogen) atoms. The van der Waals surface area contributed by atoms with Crippen LogP contribution in [0.4, 0.5) is 0 Å². The Morgan fingerprint density at radius 3 is 2.75 bits per heavy atom. The third-order valence-corrected chi connectivity index (χ3v) is 4.43. The van der Waals surface area contributed by atoms with Crippen LogP contribution in [0.15, 0.2) is 42.9 Å². The summed E-state index contributed by atoms with van der Waals surface area (Å²) < 4.78 is 12.8. The first-order chi connectivity index (χ1) is 11.7. The van der Waals surface area contributed by atoms with Gasteiger partial charge in [0, 0.05) is 12.8 Å². The summed E-state index contributed by atoms with van der Waals surface area (Å²) in [4.78, 5) is 16.8. The van der Waals surface area contributed by atoms with Crippen molar-refractivity contribution in [2.75, 3.05) is 13.2 Å². The third-order valence-electron chi connectivity index (χ3n) is 4.43. The molecule has 5 heteroatoms. The summed E-state index contributed by atoms with van der Waals surface area (Å²) in [7, 11) is 0. The smallest absolute Gasteiger partial charge is 0.358 e. The van der Waals surface area contributed by atoms with Crippen LogP contribution in [0.1, 0.15) is 41.9 Å². The van der Waals surface area contributed by atoms with Crippen LogP contribution in [0.2, 0.25) is 0 Å². The number of hydrogen-bond acceptors (Lipinski definition) is 4. The fourth-order valence-electron chi connectivity index (χ4n) is 2.87. The lowest BCUT2D eigenvalue weighted by Gasteiger charge is -2.32. The number of imidazole rings is 1. The van der Waals surface area contributed by atoms with Crippen LogP contribution >= 0.6 is 0 Å². The van der Waals surface area contributed by atoms with E-state index >= 15 is 0 Å². The van der Waals surface area contributed by atoms with E-state index in [-0.39, 0.29) is 6.04 Å². The first-order valence-electron chi connectivity index (χ1n) is 8.01. The van der Waals surface area contributed by atoms with Gasteiger partial charge in [0.2, 0.25) is 0 Å². The van der Waals surface area contributed by atoms with Crippen molar-refractivity contribution in [3.63, 3.8) is 0 Å². The molecule has 0 amide bonds. The number of carbonyl (C=O) groups excluding carboxylic acids is 1. The highest BCUT2D eigenvalue weighted by Crippen LogP contribution is 2.27. The second-order valence-corrected chi connectivity index (χ2v) is 5.91. The van der Waals surface area contributed by atoms with Crippen LogP contribution < -0.4 is 0 Å². The number of hydrogen-bond donors (Lipinski definition) is 0. The van der Waals surface area contributed by atoms with Crippen LogP contribution in [0.5, 0.6) is 0 Å². The van der Waals surface area contributed by atoms with E-state index < -0.39 is 11.6 Å². The molecule has 0 radical (unpaired) electrons. The maximum absolute atomic E-state index is 12.7. The molecule has 1 aliphatic rings. The number of nitrogens with zero attached hydrogens (tertiary/aromatic N) is 2. The molecule has 124 valence electrons. The molecule has 0 saturated carbocycles. The average Bonchev–Trinajstić information content (AvgIpc) is 3.12. The summed E-state index contributed by atoms with van der Waals surface area (Å²) in [5.74, 6) is 2.19. The first kappa shape index (κ1) is 16.3. The lowest BCUT2D eigenvalue weighted by atomic mass is 9.95. The zero-order valence-electron chi connectivity index (χ0n) is 13.6. The van der Waals surface area contributed by atoms with Gasteiger partial charge in [-0.3, -0.25) is 0 Å². The normalized spacial score (nSPS) is 17.7. The molecule has 1 saturated heterocycles. The minimum absolute atomic E-state index is 0.0345. The van der Waals surface area contributed by atoms with Crippen LogP contribution in [-0.2, 0) is 9.47 Å². The van der Waals surface area contributed by atoms with Gasteiger partial charge in [0.15, 0.2) is 5.60 Å². The molecule has 2 heterocycles. The number of ether oxygens (including phenoxy) is 2. The SMILES string of the molecule is C#CC1(OC(=O)c2cncn2[C@H](C)c2ccccc2)CCOCC1. The molecule has 0 N–H and O–H groups in total. The van der Waals surface area contributed by atoms with Crippen LogP contribution in [0, 0.1) is 12.3 Å². The van der Waals surface area contributed by atoms with Crippen LogP contribution in [0.3, 0.4) is 0 Å². The zero-order valence-corrected chi connectivity index (χ0v) is 13.6. The van der Waals surface area contributed by atoms with Gasteiger partial charge in [-0.2, -0.15) is 0 Å². The molecule has 2 aromatic rings. The molecule has 1 aromatic carbocycles. The van der Waals surface area contributed by atoms with E-state index in [0.29, 0.717) is 31.7 Å². The van der Waals surface area contributed by atoms with Gasteiger partial charge in [-0.05, 0) is 12.5 Å². The molecule has 0 bridgehead atoms. The van der Waals surface area contributed by atoms with Gasteiger partial charge in [-0.1, -0.05) is 36.3 Å². The first-order valence-corrected chi connectivity index (χ1v) is 8.01. The lowest BCUT2D eigenvalue weighted by Crippen LogP contribution is -2.40. The summed E-state index contributed by atoms with van der Waals surface area (Å²) in [6, 6.07) is 9.89. The molecule has 0 spiro atoms. The molecule has 0 unspecified atom stereocenters. The zero-order chi connectivity index (χ0) is 17.0. The van der Waals surface area contributed by atoms with Crippen molar-refractivity contribution < 1.29 is 14.3 Å². The van der Waals surface area contributed by atoms with Gasteiger partial charge >= 0.3 is 5.97 Å². The highest BCUT2D eigenvalue weighted by molar-refractivity contribution is 5.88. The molecule has 1 aliphatic heterocycles. The number of rotatable bonds is 4. The number of terminal acetylenes is 1. The average molecular weight is 324 g/mol. The summed E-state index contributed by atoms with van der Waals surface area (Å²) >= 11 is 0. The molecule has 3 rings (SSSR count). The Hall–Kier alpha value is -2.58. The second kappa shape index (κ2) is 6.90. The van der Waals surface area contributed by atoms with Crippen molar-refractivity contribution in [2.45, 2.75) is 31.4 Å². The Morgan fingerprint density at radius 2 is 2.08 bits per heavy atom. The Bertz CT molecular complexity index is 739. The van der Waals surface area contributed by atoms with Gasteiger partial charge in [0.1, 0.15) is 5.69 Å². The van der Waals surface area contributed by atoms with E-state index in [9.17, 15) is 4.79 Å². The van der Waals surface area contributed by atoms with Gasteiger partial charge in [-0.15, -0.1) is 6.42 Å². The van der Waals surface area contributed by atoms with Crippen molar-refractivity contribution in [3.8, 4) is 12.3 Å². The van der Waals surface area contributed by atoms with E-state index in [0.717, 1.165) is 5.56 Å². The highest BCUT2D eigenvalue weighted by atomic mass is 16.6. The lowest BCUT2D eigenvalue weighted by molar-refractivity contribution is -0.0492. The summed E-state index contributed by atoms with van der Waals surface area (Å²) in [6.07, 6.45) is 9.81. The molecule has 5 nitrogen and oxygen atoms in total. The van der Waals surface area contributed by atoms with E-state index in [1.54, 1.807) is 10.9 Å². The van der Waals surface area contributed by atoms with Crippen molar-refractivity contribution in [1.29, 1.82) is 0 Å². The Balaban J connectivity index is 1.82. The van der Waals surface area contributed by atoms with Crippen molar-refractivity contribution >= 4 is 5.97 Å². The minimum Gasteiger partial charge on any atom is -0.441 e. The van der Waals surface area contributed by atoms with Gasteiger partial charge < -0.3 is 14.0 Å². The van der Waals surface area contributed by atoms with E-state index in [1.807, 2.05) is 37.3 Å². The Labute approximate surface area is 141 Å². The molecule has 1 aromatic heterocycles. The van der Waals surface area contributed by atoms with E-state index in [4.69, 9.17) is 15.9 Å². The Kier molecular flexibility index (Phi) is 4.68. The molecular formula is C19H20N2O3. The maximum Gasteiger partial charge on any atom is 0.358 e. The quantitative estimate of drug-likeness (QED) is 0.641. The molecule has 1 atom stereocenters. The highest BCUT2D eigenvalue weighted by Gasteiger charge is 2.36. The van der Waals surface area contributed by atoms with Crippen molar-refractivity contribution in [1.82, 2.24) is 9.55 Å². The van der Waals surface area contributed by atoms with E-state index in [2.05, 4.69) is 10.9 Å². The largest absolute Gasteiger partial charge is 0.441 e. The van der Waals surface area contributed by atoms with Crippen LogP contribution in [-0.4, -0.2) is 34.3 Å². The Morgan fingerprint density at radius 1 is 1.38 bits per heavy atom. The summed E-state index contributed by atoms with van der Waals surface area (Å²) in [6.45, 7) is 3.01. The van der Waals surface area contributed by atoms with Crippen LogP contribution in [0.25, 0.3) is 0 Å². The number of aromatic nitrogens is 2. The standard InChI is InChI=1S/C19H20N2O3/c1-3-19(9-11-23-12-10-19)24-18(22)17-13-20-14-21(17)15(2)16-7-5-4-6-8-16/h1,4-8,13-15H,9-12H2,2H3/t15-/m1/s1. The molecule has 0 aliphatic carbocycles. The fraction of sp³-hybridized carbons (Fsp3) is 0.368. The number of esters is 1. The maximum atomic E-state index is 12.7. The number of benzene rings is 1.